The molecule has 3 rings (SSSR count). The van der Waals surface area contributed by atoms with Crippen molar-refractivity contribution in [3.8, 4) is 0 Å². The Bertz CT molecular complexity index is 354. The second-order valence-electron chi connectivity index (χ2n) is 10.2. The third kappa shape index (κ3) is 5.96. The lowest BCUT2D eigenvalue weighted by Gasteiger charge is -2.41. The third-order valence-corrected chi connectivity index (χ3v) is 8.67. The molecule has 0 radical (unpaired) electrons. The van der Waals surface area contributed by atoms with Crippen LogP contribution in [0, 0.1) is 35.5 Å². The summed E-state index contributed by atoms with van der Waals surface area (Å²) < 4.78 is 12.6. The second-order valence-corrected chi connectivity index (χ2v) is 10.2. The average molecular weight is 365 g/mol. The first-order chi connectivity index (χ1) is 12.8. The van der Waals surface area contributed by atoms with Crippen LogP contribution in [0.1, 0.15) is 116 Å². The molecule has 26 heavy (non-hydrogen) atoms. The highest BCUT2D eigenvalue weighted by atomic mass is 19.1. The van der Waals surface area contributed by atoms with Crippen LogP contribution in [0.2, 0.25) is 0 Å². The van der Waals surface area contributed by atoms with Crippen molar-refractivity contribution in [1.29, 1.82) is 0 Å². The first kappa shape index (κ1) is 20.7. The Morgan fingerprint density at radius 2 is 0.923 bits per heavy atom. The fourth-order valence-electron chi connectivity index (χ4n) is 6.82. The van der Waals surface area contributed by atoms with Crippen molar-refractivity contribution in [1.82, 2.24) is 0 Å². The summed E-state index contributed by atoms with van der Waals surface area (Å²) in [5.41, 5.74) is 0. The van der Waals surface area contributed by atoms with Gasteiger partial charge in [0.2, 0.25) is 0 Å². The van der Waals surface area contributed by atoms with Crippen molar-refractivity contribution < 1.29 is 4.39 Å². The minimum Gasteiger partial charge on any atom is -0.251 e. The predicted molar refractivity (Wildman–Crippen MR) is 111 cm³/mol. The highest BCUT2D eigenvalue weighted by Crippen LogP contribution is 2.46. The van der Waals surface area contributed by atoms with Crippen LogP contribution in [0.25, 0.3) is 0 Å². The summed E-state index contributed by atoms with van der Waals surface area (Å²) in [6, 6.07) is 0. The Morgan fingerprint density at radius 1 is 0.538 bits per heavy atom. The minimum atomic E-state index is -0.0959. The molecule has 3 fully saturated rings. The van der Waals surface area contributed by atoms with E-state index in [1.54, 1.807) is 12.8 Å². The van der Waals surface area contributed by atoms with Crippen molar-refractivity contribution in [3.63, 3.8) is 0 Å². The molecular formula is C25H45F. The van der Waals surface area contributed by atoms with Gasteiger partial charge in [-0.25, -0.2) is 0 Å². The third-order valence-electron chi connectivity index (χ3n) is 8.67. The minimum absolute atomic E-state index is 0.0959. The molecule has 1 heteroatoms. The van der Waals surface area contributed by atoms with E-state index in [-0.39, 0.29) is 6.67 Å². The lowest BCUT2D eigenvalue weighted by molar-refractivity contribution is 0.101. The largest absolute Gasteiger partial charge is 0.251 e. The van der Waals surface area contributed by atoms with Gasteiger partial charge in [0.25, 0.3) is 0 Å². The normalized spacial score (nSPS) is 39.0. The molecule has 0 nitrogen and oxygen atoms in total. The van der Waals surface area contributed by atoms with Crippen molar-refractivity contribution in [2.75, 3.05) is 6.67 Å². The van der Waals surface area contributed by atoms with E-state index in [1.165, 1.54) is 89.9 Å². The van der Waals surface area contributed by atoms with Gasteiger partial charge in [-0.3, -0.25) is 4.39 Å². The number of alkyl halides is 1. The van der Waals surface area contributed by atoms with Gasteiger partial charge in [0.15, 0.2) is 0 Å². The van der Waals surface area contributed by atoms with Gasteiger partial charge in [0, 0.05) is 0 Å². The van der Waals surface area contributed by atoms with E-state index >= 15 is 0 Å². The van der Waals surface area contributed by atoms with E-state index < -0.39 is 0 Å². The quantitative estimate of drug-likeness (QED) is 0.380. The molecule has 0 aromatic rings. The number of hydrogen-bond acceptors (Lipinski definition) is 0. The Balaban J connectivity index is 1.32. The van der Waals surface area contributed by atoms with Crippen LogP contribution in [-0.2, 0) is 0 Å². The van der Waals surface area contributed by atoms with E-state index in [0.717, 1.165) is 36.0 Å². The monoisotopic (exact) mass is 364 g/mol. The Kier molecular flexibility index (Phi) is 8.79. The molecular weight excluding hydrogens is 319 g/mol. The second kappa shape index (κ2) is 11.1. The first-order valence-corrected chi connectivity index (χ1v) is 12.4. The van der Waals surface area contributed by atoms with Crippen molar-refractivity contribution in [3.05, 3.63) is 0 Å². The molecule has 0 atom stereocenters. The molecule has 0 aliphatic heterocycles. The van der Waals surface area contributed by atoms with Gasteiger partial charge in [-0.2, -0.15) is 0 Å². The number of unbranched alkanes of at least 4 members (excludes halogenated alkanes) is 2. The van der Waals surface area contributed by atoms with Crippen molar-refractivity contribution in [2.45, 2.75) is 116 Å². The van der Waals surface area contributed by atoms with E-state index in [4.69, 9.17) is 0 Å². The Morgan fingerprint density at radius 3 is 1.31 bits per heavy atom. The molecule has 0 aromatic heterocycles. The lowest BCUT2D eigenvalue weighted by atomic mass is 9.64. The molecule has 0 amide bonds. The summed E-state index contributed by atoms with van der Waals surface area (Å²) in [5, 5.41) is 0. The summed E-state index contributed by atoms with van der Waals surface area (Å²) in [4.78, 5) is 0. The SMILES string of the molecule is CCCCCC1CCC(C2CCC(C3CCC(CCF)CC3)CC2)CC1. The topological polar surface area (TPSA) is 0 Å². The molecule has 0 saturated heterocycles. The standard InChI is InChI=1S/C25H45F/c1-2-3-4-5-20-6-10-22(11-7-20)24-14-16-25(17-15-24)23-12-8-21(9-13-23)18-19-26/h20-25H,2-19H2,1H3. The van der Waals surface area contributed by atoms with Crippen LogP contribution >= 0.6 is 0 Å². The zero-order valence-corrected chi connectivity index (χ0v) is 17.6. The maximum Gasteiger partial charge on any atom is 0.0897 e. The lowest BCUT2D eigenvalue weighted by Crippen LogP contribution is -2.29. The Hall–Kier alpha value is -0.0700. The van der Waals surface area contributed by atoms with E-state index in [1.807, 2.05) is 0 Å². The van der Waals surface area contributed by atoms with Crippen molar-refractivity contribution >= 4 is 0 Å². The van der Waals surface area contributed by atoms with Crippen molar-refractivity contribution in [2.24, 2.45) is 35.5 Å². The Labute approximate surface area is 163 Å². The van der Waals surface area contributed by atoms with Crippen LogP contribution in [0.5, 0.6) is 0 Å². The van der Waals surface area contributed by atoms with E-state index in [9.17, 15) is 4.39 Å². The van der Waals surface area contributed by atoms with Gasteiger partial charge in [0.1, 0.15) is 0 Å². The van der Waals surface area contributed by atoms with Crippen LogP contribution in [0.3, 0.4) is 0 Å². The van der Waals surface area contributed by atoms with Gasteiger partial charge < -0.3 is 0 Å². The van der Waals surface area contributed by atoms with Gasteiger partial charge in [-0.1, -0.05) is 58.3 Å². The molecule has 0 aromatic carbocycles. The predicted octanol–water partition coefficient (Wildman–Crippen LogP) is 8.35. The van der Waals surface area contributed by atoms with Crippen LogP contribution in [0.15, 0.2) is 0 Å². The van der Waals surface area contributed by atoms with Gasteiger partial charge in [0.05, 0.1) is 6.67 Å². The molecule has 0 heterocycles. The molecule has 3 aliphatic carbocycles. The number of halogens is 1. The summed E-state index contributed by atoms with van der Waals surface area (Å²) in [6.45, 7) is 2.23. The maximum atomic E-state index is 12.6. The molecule has 0 spiro atoms. The fraction of sp³-hybridized carbons (Fsp3) is 1.00. The highest BCUT2D eigenvalue weighted by Gasteiger charge is 2.34. The molecule has 152 valence electrons. The van der Waals surface area contributed by atoms with E-state index in [0.29, 0.717) is 5.92 Å². The highest BCUT2D eigenvalue weighted by molar-refractivity contribution is 4.85. The van der Waals surface area contributed by atoms with Gasteiger partial charge in [-0.05, 0) is 93.3 Å². The fourth-order valence-corrected chi connectivity index (χ4v) is 6.82. The zero-order valence-electron chi connectivity index (χ0n) is 17.6. The smallest absolute Gasteiger partial charge is 0.0897 e. The molecule has 0 unspecified atom stereocenters. The molecule has 0 N–H and O–H groups in total. The van der Waals surface area contributed by atoms with Gasteiger partial charge in [-0.15, -0.1) is 0 Å². The molecule has 3 aliphatic rings. The van der Waals surface area contributed by atoms with E-state index in [2.05, 4.69) is 6.92 Å². The molecule has 0 bridgehead atoms. The van der Waals surface area contributed by atoms with Crippen LogP contribution in [-0.4, -0.2) is 6.67 Å². The number of rotatable bonds is 8. The van der Waals surface area contributed by atoms with Crippen LogP contribution in [0.4, 0.5) is 4.39 Å². The van der Waals surface area contributed by atoms with Gasteiger partial charge >= 0.3 is 0 Å². The number of hydrogen-bond donors (Lipinski definition) is 0. The summed E-state index contributed by atoms with van der Waals surface area (Å²) in [7, 11) is 0. The summed E-state index contributed by atoms with van der Waals surface area (Å²) >= 11 is 0. The summed E-state index contributed by atoms with van der Waals surface area (Å²) in [5.74, 6) is 5.90. The maximum absolute atomic E-state index is 12.6. The zero-order chi connectivity index (χ0) is 18.2. The first-order valence-electron chi connectivity index (χ1n) is 12.4. The average Bonchev–Trinajstić information content (AvgIpc) is 2.70. The molecule has 3 saturated carbocycles. The van der Waals surface area contributed by atoms with Crippen LogP contribution < -0.4 is 0 Å². The summed E-state index contributed by atoms with van der Waals surface area (Å²) in [6.07, 6.45) is 24.3.